The number of rotatable bonds is 5. The largest absolute Gasteiger partial charge is 0.342 e. The lowest BCUT2D eigenvalue weighted by molar-refractivity contribution is 0.521. The van der Waals surface area contributed by atoms with Gasteiger partial charge in [0.25, 0.3) is 0 Å². The van der Waals surface area contributed by atoms with Crippen LogP contribution in [0.1, 0.15) is 0 Å². The van der Waals surface area contributed by atoms with Crippen molar-refractivity contribution in [3.05, 3.63) is 55.4 Å². The van der Waals surface area contributed by atoms with Crippen molar-refractivity contribution < 1.29 is 4.39 Å². The highest BCUT2D eigenvalue weighted by molar-refractivity contribution is 7.80. The van der Waals surface area contributed by atoms with Gasteiger partial charge in [-0.1, -0.05) is 24.3 Å². The van der Waals surface area contributed by atoms with Crippen molar-refractivity contribution in [2.45, 2.75) is 0 Å². The van der Waals surface area contributed by atoms with Crippen molar-refractivity contribution in [1.82, 2.24) is 4.90 Å². The van der Waals surface area contributed by atoms with Gasteiger partial charge in [-0.25, -0.2) is 4.39 Å². The van der Waals surface area contributed by atoms with Gasteiger partial charge >= 0.3 is 0 Å². The zero-order chi connectivity index (χ0) is 12.7. The molecule has 0 saturated heterocycles. The van der Waals surface area contributed by atoms with E-state index in [1.165, 1.54) is 6.07 Å². The molecule has 0 aliphatic carbocycles. The molecule has 1 aromatic rings. The lowest BCUT2D eigenvalue weighted by Gasteiger charge is -2.23. The molecule has 0 aliphatic heterocycles. The minimum absolute atomic E-state index is 0.327. The van der Waals surface area contributed by atoms with E-state index in [0.717, 1.165) is 0 Å². The highest BCUT2D eigenvalue weighted by Gasteiger charge is 2.08. The zero-order valence-corrected chi connectivity index (χ0v) is 10.3. The summed E-state index contributed by atoms with van der Waals surface area (Å²) in [6.07, 6.45) is 3.47. The summed E-state index contributed by atoms with van der Waals surface area (Å²) in [6, 6.07) is 6.41. The van der Waals surface area contributed by atoms with E-state index in [4.69, 9.17) is 12.2 Å². The Morgan fingerprint density at radius 2 is 1.88 bits per heavy atom. The van der Waals surface area contributed by atoms with Crippen LogP contribution in [0.15, 0.2) is 49.6 Å². The lowest BCUT2D eigenvalue weighted by atomic mass is 10.3. The van der Waals surface area contributed by atoms with E-state index < -0.39 is 0 Å². The highest BCUT2D eigenvalue weighted by atomic mass is 32.1. The first-order chi connectivity index (χ1) is 8.19. The minimum atomic E-state index is -0.327. The number of nitrogens with zero attached hydrogens (tertiary/aromatic N) is 1. The van der Waals surface area contributed by atoms with Gasteiger partial charge in [0.2, 0.25) is 0 Å². The predicted octanol–water partition coefficient (Wildman–Crippen LogP) is 3.20. The molecule has 0 amide bonds. The molecule has 4 heteroatoms. The Kier molecular flexibility index (Phi) is 5.36. The van der Waals surface area contributed by atoms with Gasteiger partial charge in [0, 0.05) is 13.1 Å². The Bertz CT molecular complexity index is 408. The number of halogens is 1. The minimum Gasteiger partial charge on any atom is -0.342 e. The van der Waals surface area contributed by atoms with Gasteiger partial charge < -0.3 is 10.2 Å². The third-order valence-corrected chi connectivity index (χ3v) is 2.46. The molecule has 0 fully saturated rings. The number of anilines is 1. The van der Waals surface area contributed by atoms with Gasteiger partial charge in [-0.05, 0) is 24.4 Å². The summed E-state index contributed by atoms with van der Waals surface area (Å²) in [6.45, 7) is 8.48. The summed E-state index contributed by atoms with van der Waals surface area (Å²) in [7, 11) is 0. The summed E-state index contributed by atoms with van der Waals surface area (Å²) in [5.41, 5.74) is 0.371. The number of nitrogens with one attached hydrogen (secondary N) is 1. The van der Waals surface area contributed by atoms with Crippen molar-refractivity contribution in [3.63, 3.8) is 0 Å². The van der Waals surface area contributed by atoms with Crippen LogP contribution in [-0.2, 0) is 0 Å². The maximum absolute atomic E-state index is 13.4. The number of hydrogen-bond acceptors (Lipinski definition) is 1. The number of benzene rings is 1. The van der Waals surface area contributed by atoms with Crippen LogP contribution >= 0.6 is 12.2 Å². The second-order valence-electron chi connectivity index (χ2n) is 3.39. The first-order valence-electron chi connectivity index (χ1n) is 5.21. The van der Waals surface area contributed by atoms with Crippen LogP contribution in [0, 0.1) is 5.82 Å². The van der Waals surface area contributed by atoms with Crippen LogP contribution in [0.5, 0.6) is 0 Å². The molecular formula is C13H15FN2S. The number of thiocarbonyl (C=S) groups is 1. The van der Waals surface area contributed by atoms with Gasteiger partial charge in [0.1, 0.15) is 5.82 Å². The SMILES string of the molecule is C=CCN(CC=C)C(=S)Nc1ccccc1F. The molecule has 0 aliphatic rings. The molecule has 0 saturated carbocycles. The fraction of sp³-hybridized carbons (Fsp3) is 0.154. The lowest BCUT2D eigenvalue weighted by Crippen LogP contribution is -2.35. The number of hydrogen-bond donors (Lipinski definition) is 1. The molecule has 0 aromatic heterocycles. The van der Waals surface area contributed by atoms with Crippen molar-refractivity contribution in [3.8, 4) is 0 Å². The summed E-state index contributed by atoms with van der Waals surface area (Å²) < 4.78 is 13.4. The molecule has 0 spiro atoms. The topological polar surface area (TPSA) is 15.3 Å². The molecule has 1 rings (SSSR count). The van der Waals surface area contributed by atoms with Gasteiger partial charge in [0.15, 0.2) is 5.11 Å². The predicted molar refractivity (Wildman–Crippen MR) is 74.6 cm³/mol. The number of para-hydroxylation sites is 1. The van der Waals surface area contributed by atoms with Crippen LogP contribution in [0.25, 0.3) is 0 Å². The van der Waals surface area contributed by atoms with E-state index in [1.54, 1.807) is 30.4 Å². The van der Waals surface area contributed by atoms with E-state index in [1.807, 2.05) is 4.90 Å². The van der Waals surface area contributed by atoms with E-state index in [-0.39, 0.29) is 5.82 Å². The molecule has 90 valence electrons. The summed E-state index contributed by atoms with van der Waals surface area (Å²) in [5, 5.41) is 3.32. The van der Waals surface area contributed by atoms with E-state index in [2.05, 4.69) is 18.5 Å². The Hall–Kier alpha value is -1.68. The van der Waals surface area contributed by atoms with Crippen molar-refractivity contribution in [2.24, 2.45) is 0 Å². The van der Waals surface area contributed by atoms with Gasteiger partial charge in [-0.2, -0.15) is 0 Å². The van der Waals surface area contributed by atoms with Crippen molar-refractivity contribution in [1.29, 1.82) is 0 Å². The van der Waals surface area contributed by atoms with Crippen LogP contribution in [-0.4, -0.2) is 23.1 Å². The Morgan fingerprint density at radius 1 is 1.29 bits per heavy atom. The molecule has 0 radical (unpaired) electrons. The van der Waals surface area contributed by atoms with Crippen molar-refractivity contribution >= 4 is 23.0 Å². The molecule has 0 unspecified atom stereocenters. The standard InChI is InChI=1S/C13H15FN2S/c1-3-9-16(10-4-2)13(17)15-12-8-6-5-7-11(12)14/h3-8H,1-2,9-10H2,(H,15,17). The Morgan fingerprint density at radius 3 is 2.41 bits per heavy atom. The van der Waals surface area contributed by atoms with Crippen LogP contribution in [0.4, 0.5) is 10.1 Å². The fourth-order valence-corrected chi connectivity index (χ4v) is 1.57. The van der Waals surface area contributed by atoms with Crippen molar-refractivity contribution in [2.75, 3.05) is 18.4 Å². The molecular weight excluding hydrogens is 235 g/mol. The van der Waals surface area contributed by atoms with Gasteiger partial charge in [-0.3, -0.25) is 0 Å². The third kappa shape index (κ3) is 4.00. The maximum atomic E-state index is 13.4. The fourth-order valence-electron chi connectivity index (χ4n) is 1.31. The average Bonchev–Trinajstić information content (AvgIpc) is 2.32. The monoisotopic (exact) mass is 250 g/mol. The highest BCUT2D eigenvalue weighted by Crippen LogP contribution is 2.13. The van der Waals surface area contributed by atoms with Crippen LogP contribution in [0.2, 0.25) is 0 Å². The average molecular weight is 250 g/mol. The molecule has 0 atom stereocenters. The molecule has 17 heavy (non-hydrogen) atoms. The smallest absolute Gasteiger partial charge is 0.174 e. The normalized spacial score (nSPS) is 9.47. The second-order valence-corrected chi connectivity index (χ2v) is 3.78. The van der Waals surface area contributed by atoms with Crippen LogP contribution < -0.4 is 5.32 Å². The summed E-state index contributed by atoms with van der Waals surface area (Å²) >= 11 is 5.20. The van der Waals surface area contributed by atoms with Crippen LogP contribution in [0.3, 0.4) is 0 Å². The van der Waals surface area contributed by atoms with E-state index in [0.29, 0.717) is 23.9 Å². The maximum Gasteiger partial charge on any atom is 0.174 e. The summed E-state index contributed by atoms with van der Waals surface area (Å²) in [5.74, 6) is -0.327. The molecule has 0 bridgehead atoms. The zero-order valence-electron chi connectivity index (χ0n) is 9.53. The second kappa shape index (κ2) is 6.81. The Labute approximate surface area is 106 Å². The third-order valence-electron chi connectivity index (χ3n) is 2.10. The van der Waals surface area contributed by atoms with E-state index >= 15 is 0 Å². The van der Waals surface area contributed by atoms with Gasteiger partial charge in [0.05, 0.1) is 5.69 Å². The molecule has 1 aromatic carbocycles. The molecule has 2 nitrogen and oxygen atoms in total. The van der Waals surface area contributed by atoms with Gasteiger partial charge in [-0.15, -0.1) is 13.2 Å². The quantitative estimate of drug-likeness (QED) is 0.638. The first-order valence-corrected chi connectivity index (χ1v) is 5.62. The molecule has 0 heterocycles. The van der Waals surface area contributed by atoms with E-state index in [9.17, 15) is 4.39 Å². The first kappa shape index (κ1) is 13.4. The Balaban J connectivity index is 2.72. The summed E-state index contributed by atoms with van der Waals surface area (Å²) in [4.78, 5) is 1.84. The molecule has 1 N–H and O–H groups in total.